The van der Waals surface area contributed by atoms with Crippen LogP contribution in [0, 0.1) is 13.8 Å². The molecule has 8 nitrogen and oxygen atoms in total. The summed E-state index contributed by atoms with van der Waals surface area (Å²) in [6.07, 6.45) is 3.24. The van der Waals surface area contributed by atoms with Crippen LogP contribution in [0.25, 0.3) is 6.08 Å². The Labute approximate surface area is 212 Å². The van der Waals surface area contributed by atoms with Gasteiger partial charge in [-0.1, -0.05) is 23.4 Å². The number of carbonyl (C=O) groups is 1. The number of hydrogen-bond donors (Lipinski definition) is 0. The third-order valence-electron chi connectivity index (χ3n) is 6.32. The van der Waals surface area contributed by atoms with E-state index in [1.807, 2.05) is 50.2 Å². The molecule has 1 aliphatic heterocycles. The first kappa shape index (κ1) is 25.2. The smallest absolute Gasteiger partial charge is 0.246 e. The summed E-state index contributed by atoms with van der Waals surface area (Å²) in [5, 5.41) is 3.95. The molecule has 1 unspecified atom stereocenters. The highest BCUT2D eigenvalue weighted by molar-refractivity contribution is 5.91. The molecule has 1 aliphatic rings. The van der Waals surface area contributed by atoms with Crippen LogP contribution >= 0.6 is 0 Å². The van der Waals surface area contributed by atoms with Crippen LogP contribution < -0.4 is 19.1 Å². The van der Waals surface area contributed by atoms with Gasteiger partial charge in [0.25, 0.3) is 0 Å². The van der Waals surface area contributed by atoms with Crippen molar-refractivity contribution in [1.29, 1.82) is 0 Å². The van der Waals surface area contributed by atoms with Crippen LogP contribution in [0.15, 0.2) is 53.1 Å². The first-order valence-electron chi connectivity index (χ1n) is 12.1. The van der Waals surface area contributed by atoms with E-state index in [9.17, 15) is 4.79 Å². The molecule has 1 amide bonds. The van der Waals surface area contributed by atoms with Crippen LogP contribution in [-0.2, 0) is 11.4 Å². The number of ether oxygens (including phenoxy) is 3. The fourth-order valence-corrected chi connectivity index (χ4v) is 4.23. The van der Waals surface area contributed by atoms with Crippen molar-refractivity contribution in [2.45, 2.75) is 33.5 Å². The van der Waals surface area contributed by atoms with E-state index in [1.165, 1.54) is 0 Å². The van der Waals surface area contributed by atoms with E-state index in [4.69, 9.17) is 18.7 Å². The Kier molecular flexibility index (Phi) is 7.83. The van der Waals surface area contributed by atoms with E-state index < -0.39 is 0 Å². The number of para-hydroxylation sites is 2. The molecule has 0 saturated heterocycles. The van der Waals surface area contributed by atoms with Gasteiger partial charge in [-0.05, 0) is 56.7 Å². The minimum Gasteiger partial charge on any atom is -0.493 e. The van der Waals surface area contributed by atoms with E-state index >= 15 is 0 Å². The second-order valence-electron chi connectivity index (χ2n) is 8.80. The maximum Gasteiger partial charge on any atom is 0.246 e. The molecule has 0 N–H and O–H groups in total. The first-order chi connectivity index (χ1) is 17.4. The zero-order valence-corrected chi connectivity index (χ0v) is 21.5. The third kappa shape index (κ3) is 5.64. The van der Waals surface area contributed by atoms with Crippen LogP contribution in [0.3, 0.4) is 0 Å². The third-order valence-corrected chi connectivity index (χ3v) is 6.32. The lowest BCUT2D eigenvalue weighted by atomic mass is 10.1. The topological polar surface area (TPSA) is 77.3 Å². The minimum atomic E-state index is -0.101. The van der Waals surface area contributed by atoms with Crippen molar-refractivity contribution < 1.29 is 23.5 Å². The Hall–Kier alpha value is -3.94. The van der Waals surface area contributed by atoms with Gasteiger partial charge in [-0.25, -0.2) is 0 Å². The van der Waals surface area contributed by atoms with Gasteiger partial charge in [-0.3, -0.25) is 4.79 Å². The Balaban J connectivity index is 1.36. The highest BCUT2D eigenvalue weighted by atomic mass is 16.5. The maximum absolute atomic E-state index is 12.8. The zero-order valence-electron chi connectivity index (χ0n) is 21.5. The SMILES string of the molecule is CCN1CC(CN(C)C(=O)C=Cc2ccc(OCc3c(C)noc3C)c(OC)c2)Oc2ccccc21. The molecule has 0 fully saturated rings. The van der Waals surface area contributed by atoms with Gasteiger partial charge < -0.3 is 28.5 Å². The van der Waals surface area contributed by atoms with E-state index in [-0.39, 0.29) is 12.0 Å². The highest BCUT2D eigenvalue weighted by Gasteiger charge is 2.26. The molecule has 0 bridgehead atoms. The maximum atomic E-state index is 12.8. The van der Waals surface area contributed by atoms with Gasteiger partial charge in [0, 0.05) is 19.7 Å². The molecule has 2 heterocycles. The molecular formula is C28H33N3O5. The number of aromatic nitrogens is 1. The molecule has 1 atom stereocenters. The zero-order chi connectivity index (χ0) is 25.7. The summed E-state index contributed by atoms with van der Waals surface area (Å²) >= 11 is 0. The monoisotopic (exact) mass is 491 g/mol. The average Bonchev–Trinajstić information content (AvgIpc) is 3.22. The van der Waals surface area contributed by atoms with E-state index in [2.05, 4.69) is 23.0 Å². The molecule has 1 aromatic heterocycles. The number of carbonyl (C=O) groups excluding carboxylic acids is 1. The van der Waals surface area contributed by atoms with Crippen molar-refractivity contribution >= 4 is 17.7 Å². The number of likely N-dealkylation sites (N-methyl/N-ethyl adjacent to an activating group) is 2. The number of hydrogen-bond acceptors (Lipinski definition) is 7. The molecule has 190 valence electrons. The average molecular weight is 492 g/mol. The summed E-state index contributed by atoms with van der Waals surface area (Å²) in [5.74, 6) is 2.68. The molecule has 0 aliphatic carbocycles. The molecule has 0 spiro atoms. The Morgan fingerprint density at radius 1 is 1.22 bits per heavy atom. The van der Waals surface area contributed by atoms with E-state index in [0.29, 0.717) is 24.7 Å². The number of fused-ring (bicyclic) bond motifs is 1. The number of nitrogens with zero attached hydrogens (tertiary/aromatic N) is 3. The van der Waals surface area contributed by atoms with Crippen molar-refractivity contribution in [3.05, 3.63) is 71.1 Å². The van der Waals surface area contributed by atoms with Crippen LogP contribution in [0.2, 0.25) is 0 Å². The van der Waals surface area contributed by atoms with Crippen molar-refractivity contribution in [2.75, 3.05) is 38.7 Å². The van der Waals surface area contributed by atoms with Gasteiger partial charge in [-0.2, -0.15) is 0 Å². The number of amides is 1. The van der Waals surface area contributed by atoms with Crippen LogP contribution in [-0.4, -0.2) is 55.9 Å². The summed E-state index contributed by atoms with van der Waals surface area (Å²) in [6, 6.07) is 13.6. The quantitative estimate of drug-likeness (QED) is 0.404. The fraction of sp³-hybridized carbons (Fsp3) is 0.357. The first-order valence-corrected chi connectivity index (χ1v) is 12.1. The van der Waals surface area contributed by atoms with Crippen molar-refractivity contribution in [3.63, 3.8) is 0 Å². The summed E-state index contributed by atoms with van der Waals surface area (Å²) in [5.41, 5.74) is 3.65. The lowest BCUT2D eigenvalue weighted by Crippen LogP contribution is -2.46. The van der Waals surface area contributed by atoms with Gasteiger partial charge in [-0.15, -0.1) is 0 Å². The van der Waals surface area contributed by atoms with E-state index in [1.54, 1.807) is 31.2 Å². The molecule has 0 radical (unpaired) electrons. The van der Waals surface area contributed by atoms with Crippen molar-refractivity contribution in [3.8, 4) is 17.2 Å². The van der Waals surface area contributed by atoms with Crippen molar-refractivity contribution in [2.24, 2.45) is 0 Å². The molecule has 36 heavy (non-hydrogen) atoms. The fourth-order valence-electron chi connectivity index (χ4n) is 4.23. The predicted molar refractivity (Wildman–Crippen MR) is 139 cm³/mol. The van der Waals surface area contributed by atoms with Gasteiger partial charge in [0.1, 0.15) is 24.2 Å². The number of methoxy groups -OCH3 is 1. The normalized spacial score (nSPS) is 14.9. The van der Waals surface area contributed by atoms with Gasteiger partial charge in [0.05, 0.1) is 37.1 Å². The molecule has 4 rings (SSSR count). The summed E-state index contributed by atoms with van der Waals surface area (Å²) in [7, 11) is 3.38. The Morgan fingerprint density at radius 2 is 2.03 bits per heavy atom. The Bertz CT molecular complexity index is 1220. The number of aryl methyl sites for hydroxylation is 2. The number of rotatable bonds is 9. The van der Waals surface area contributed by atoms with Gasteiger partial charge in [0.2, 0.25) is 5.91 Å². The standard InChI is InChI=1S/C28H33N3O5/c1-6-31-17-22(35-25-10-8-7-9-24(25)31)16-30(4)28(32)14-12-21-11-13-26(27(15-21)33-5)34-18-23-19(2)29-36-20(23)3/h7-15,22H,6,16-18H2,1-5H3. The van der Waals surface area contributed by atoms with Crippen LogP contribution in [0.5, 0.6) is 17.2 Å². The second kappa shape index (κ2) is 11.2. The van der Waals surface area contributed by atoms with E-state index in [0.717, 1.165) is 47.1 Å². The summed E-state index contributed by atoms with van der Waals surface area (Å²) < 4.78 is 22.8. The Morgan fingerprint density at radius 3 is 2.75 bits per heavy atom. The summed E-state index contributed by atoms with van der Waals surface area (Å²) in [4.78, 5) is 16.8. The van der Waals surface area contributed by atoms with Crippen LogP contribution in [0.4, 0.5) is 5.69 Å². The predicted octanol–water partition coefficient (Wildman–Crippen LogP) is 4.64. The van der Waals surface area contributed by atoms with Gasteiger partial charge in [0.15, 0.2) is 11.5 Å². The molecule has 8 heteroatoms. The van der Waals surface area contributed by atoms with Crippen molar-refractivity contribution in [1.82, 2.24) is 10.1 Å². The highest BCUT2D eigenvalue weighted by Crippen LogP contribution is 2.33. The number of anilines is 1. The van der Waals surface area contributed by atoms with Gasteiger partial charge >= 0.3 is 0 Å². The second-order valence-corrected chi connectivity index (χ2v) is 8.80. The molecule has 2 aromatic carbocycles. The number of benzene rings is 2. The lowest BCUT2D eigenvalue weighted by Gasteiger charge is -2.37. The van der Waals surface area contributed by atoms with Crippen LogP contribution in [0.1, 0.15) is 29.5 Å². The molecular weight excluding hydrogens is 458 g/mol. The molecule has 3 aromatic rings. The summed E-state index contributed by atoms with van der Waals surface area (Å²) in [6.45, 7) is 8.31. The minimum absolute atomic E-state index is 0.0989. The lowest BCUT2D eigenvalue weighted by molar-refractivity contribution is -0.125. The molecule has 0 saturated carbocycles. The largest absolute Gasteiger partial charge is 0.493 e.